The minimum absolute atomic E-state index is 0.109. The quantitative estimate of drug-likeness (QED) is 0.629. The SMILES string of the molecule is CCN(CC)CCNC(=O)CCCCl. The van der Waals surface area contributed by atoms with Crippen LogP contribution in [0.4, 0.5) is 0 Å². The zero-order valence-corrected chi connectivity index (χ0v) is 9.94. The summed E-state index contributed by atoms with van der Waals surface area (Å²) in [6, 6.07) is 0. The zero-order valence-electron chi connectivity index (χ0n) is 9.18. The molecular weight excluding hydrogens is 200 g/mol. The van der Waals surface area contributed by atoms with Gasteiger partial charge >= 0.3 is 0 Å². The Morgan fingerprint density at radius 1 is 1.36 bits per heavy atom. The van der Waals surface area contributed by atoms with Crippen LogP contribution in [0.15, 0.2) is 0 Å². The number of hydrogen-bond acceptors (Lipinski definition) is 2. The van der Waals surface area contributed by atoms with Gasteiger partial charge in [0.05, 0.1) is 0 Å². The van der Waals surface area contributed by atoms with Gasteiger partial charge in [-0.1, -0.05) is 13.8 Å². The van der Waals surface area contributed by atoms with Crippen LogP contribution in [0.25, 0.3) is 0 Å². The first-order valence-electron chi connectivity index (χ1n) is 5.29. The largest absolute Gasteiger partial charge is 0.355 e. The molecule has 3 nitrogen and oxygen atoms in total. The Morgan fingerprint density at radius 3 is 2.50 bits per heavy atom. The molecule has 14 heavy (non-hydrogen) atoms. The van der Waals surface area contributed by atoms with E-state index in [4.69, 9.17) is 11.6 Å². The third-order valence-electron chi connectivity index (χ3n) is 2.18. The molecular formula is C10H21ClN2O. The normalized spacial score (nSPS) is 10.6. The number of rotatable bonds is 8. The van der Waals surface area contributed by atoms with Gasteiger partial charge in [0, 0.05) is 25.4 Å². The summed E-state index contributed by atoms with van der Waals surface area (Å²) in [7, 11) is 0. The van der Waals surface area contributed by atoms with E-state index in [0.29, 0.717) is 12.3 Å². The third kappa shape index (κ3) is 7.15. The van der Waals surface area contributed by atoms with Crippen LogP contribution in [0.3, 0.4) is 0 Å². The van der Waals surface area contributed by atoms with E-state index in [1.165, 1.54) is 0 Å². The second kappa shape index (κ2) is 9.28. The van der Waals surface area contributed by atoms with Crippen LogP contribution in [-0.4, -0.2) is 42.9 Å². The molecule has 4 heteroatoms. The molecule has 0 aliphatic rings. The van der Waals surface area contributed by atoms with Crippen molar-refractivity contribution >= 4 is 17.5 Å². The number of nitrogens with one attached hydrogen (secondary N) is 1. The fourth-order valence-corrected chi connectivity index (χ4v) is 1.34. The summed E-state index contributed by atoms with van der Waals surface area (Å²) in [5.74, 6) is 0.668. The number of carbonyl (C=O) groups excluding carboxylic acids is 1. The average molecular weight is 221 g/mol. The van der Waals surface area contributed by atoms with Crippen molar-refractivity contribution in [2.75, 3.05) is 32.1 Å². The van der Waals surface area contributed by atoms with Crippen molar-refractivity contribution in [1.29, 1.82) is 0 Å². The maximum absolute atomic E-state index is 11.2. The molecule has 0 saturated carbocycles. The van der Waals surface area contributed by atoms with Crippen LogP contribution in [0.5, 0.6) is 0 Å². The van der Waals surface area contributed by atoms with E-state index in [-0.39, 0.29) is 5.91 Å². The van der Waals surface area contributed by atoms with Crippen LogP contribution in [-0.2, 0) is 4.79 Å². The van der Waals surface area contributed by atoms with Crippen molar-refractivity contribution in [3.05, 3.63) is 0 Å². The highest BCUT2D eigenvalue weighted by Gasteiger charge is 2.01. The van der Waals surface area contributed by atoms with E-state index in [9.17, 15) is 4.79 Å². The Bertz CT molecular complexity index is 149. The first-order valence-corrected chi connectivity index (χ1v) is 5.83. The molecule has 0 bridgehead atoms. The lowest BCUT2D eigenvalue weighted by Crippen LogP contribution is -2.34. The van der Waals surface area contributed by atoms with E-state index in [1.807, 2.05) is 0 Å². The zero-order chi connectivity index (χ0) is 10.8. The van der Waals surface area contributed by atoms with E-state index < -0.39 is 0 Å². The standard InChI is InChI=1S/C10H21ClN2O/c1-3-13(4-2)9-8-12-10(14)6-5-7-11/h3-9H2,1-2H3,(H,12,14). The van der Waals surface area contributed by atoms with Gasteiger partial charge < -0.3 is 10.2 Å². The van der Waals surface area contributed by atoms with Gasteiger partial charge in [0.1, 0.15) is 0 Å². The Hall–Kier alpha value is -0.280. The van der Waals surface area contributed by atoms with Crippen LogP contribution in [0.2, 0.25) is 0 Å². The van der Waals surface area contributed by atoms with Gasteiger partial charge in [0.15, 0.2) is 0 Å². The van der Waals surface area contributed by atoms with Crippen LogP contribution < -0.4 is 5.32 Å². The number of carbonyl (C=O) groups is 1. The minimum atomic E-state index is 0.109. The predicted molar refractivity (Wildman–Crippen MR) is 60.8 cm³/mol. The van der Waals surface area contributed by atoms with Gasteiger partial charge in [-0.25, -0.2) is 0 Å². The van der Waals surface area contributed by atoms with Crippen LogP contribution in [0, 0.1) is 0 Å². The number of halogens is 1. The monoisotopic (exact) mass is 220 g/mol. The predicted octanol–water partition coefficient (Wildman–Crippen LogP) is 1.46. The highest BCUT2D eigenvalue weighted by Crippen LogP contribution is 1.91. The fraction of sp³-hybridized carbons (Fsp3) is 0.900. The Labute approximate surface area is 91.8 Å². The van der Waals surface area contributed by atoms with Crippen molar-refractivity contribution < 1.29 is 4.79 Å². The molecule has 0 heterocycles. The molecule has 1 amide bonds. The van der Waals surface area contributed by atoms with Gasteiger partial charge in [0.25, 0.3) is 0 Å². The van der Waals surface area contributed by atoms with Crippen molar-refractivity contribution in [2.45, 2.75) is 26.7 Å². The second-order valence-electron chi connectivity index (χ2n) is 3.17. The maximum atomic E-state index is 11.2. The third-order valence-corrected chi connectivity index (χ3v) is 2.45. The molecule has 0 atom stereocenters. The smallest absolute Gasteiger partial charge is 0.220 e. The minimum Gasteiger partial charge on any atom is -0.355 e. The molecule has 0 unspecified atom stereocenters. The summed E-state index contributed by atoms with van der Waals surface area (Å²) in [5.41, 5.74) is 0. The molecule has 84 valence electrons. The molecule has 0 aliphatic carbocycles. The van der Waals surface area contributed by atoms with Gasteiger partial charge in [-0.3, -0.25) is 4.79 Å². The summed E-state index contributed by atoms with van der Waals surface area (Å²) in [6.07, 6.45) is 1.31. The Kier molecular flexibility index (Phi) is 9.10. The molecule has 0 rings (SSSR count). The second-order valence-corrected chi connectivity index (χ2v) is 3.55. The van der Waals surface area contributed by atoms with Crippen molar-refractivity contribution in [3.63, 3.8) is 0 Å². The highest BCUT2D eigenvalue weighted by molar-refractivity contribution is 6.17. The van der Waals surface area contributed by atoms with Crippen LogP contribution in [0.1, 0.15) is 26.7 Å². The summed E-state index contributed by atoms with van der Waals surface area (Å²) in [6.45, 7) is 7.99. The van der Waals surface area contributed by atoms with Crippen LogP contribution >= 0.6 is 11.6 Å². The summed E-state index contributed by atoms with van der Waals surface area (Å²) < 4.78 is 0. The molecule has 0 radical (unpaired) electrons. The lowest BCUT2D eigenvalue weighted by atomic mass is 10.3. The number of likely N-dealkylation sites (N-methyl/N-ethyl adjacent to an activating group) is 1. The van der Waals surface area contributed by atoms with E-state index in [0.717, 1.165) is 32.6 Å². The molecule has 1 N–H and O–H groups in total. The molecule has 0 spiro atoms. The van der Waals surface area contributed by atoms with E-state index in [2.05, 4.69) is 24.1 Å². The van der Waals surface area contributed by atoms with Gasteiger partial charge in [0.2, 0.25) is 5.91 Å². The fourth-order valence-electron chi connectivity index (χ4n) is 1.21. The lowest BCUT2D eigenvalue weighted by molar-refractivity contribution is -0.121. The summed E-state index contributed by atoms with van der Waals surface area (Å²) in [4.78, 5) is 13.5. The Balaban J connectivity index is 3.38. The topological polar surface area (TPSA) is 32.3 Å². The lowest BCUT2D eigenvalue weighted by Gasteiger charge is -2.17. The molecule has 0 aromatic heterocycles. The van der Waals surface area contributed by atoms with E-state index in [1.54, 1.807) is 0 Å². The highest BCUT2D eigenvalue weighted by atomic mass is 35.5. The number of alkyl halides is 1. The molecule has 0 saturated heterocycles. The molecule has 0 aromatic rings. The molecule has 0 fully saturated rings. The number of nitrogens with zero attached hydrogens (tertiary/aromatic N) is 1. The van der Waals surface area contributed by atoms with E-state index >= 15 is 0 Å². The Morgan fingerprint density at radius 2 is 2.00 bits per heavy atom. The average Bonchev–Trinajstić information content (AvgIpc) is 2.21. The maximum Gasteiger partial charge on any atom is 0.220 e. The molecule has 0 aromatic carbocycles. The van der Waals surface area contributed by atoms with Crippen molar-refractivity contribution in [1.82, 2.24) is 10.2 Å². The number of hydrogen-bond donors (Lipinski definition) is 1. The van der Waals surface area contributed by atoms with Crippen molar-refractivity contribution in [3.8, 4) is 0 Å². The summed E-state index contributed by atoms with van der Waals surface area (Å²) >= 11 is 5.49. The first-order chi connectivity index (χ1) is 6.74. The first kappa shape index (κ1) is 13.7. The summed E-state index contributed by atoms with van der Waals surface area (Å²) in [5, 5.41) is 2.88. The molecule has 0 aliphatic heterocycles. The number of amides is 1. The van der Waals surface area contributed by atoms with Crippen molar-refractivity contribution in [2.24, 2.45) is 0 Å². The van der Waals surface area contributed by atoms with Gasteiger partial charge in [-0.15, -0.1) is 11.6 Å². The van der Waals surface area contributed by atoms with Gasteiger partial charge in [-0.2, -0.15) is 0 Å². The van der Waals surface area contributed by atoms with Gasteiger partial charge in [-0.05, 0) is 19.5 Å².